The first kappa shape index (κ1) is 29.9. The monoisotopic (exact) mass is 544 g/mol. The standard InChI is InChI=1S/C32H52N2O5/c1-21(2)7-5-6-8-22-10-12-26-25-11-9-23-19-24(13-15-32(23,4)27(25)14-16-31(22,26)3)39-30(38)34-18-17-33-28(35)20-29(36)37/h9,21-22,24-27H,5-8,10-20H2,1-4H3,(H,33,35)(H,34,38)(H,36,37)/t22-,24-,25-,26-,27-,31+,32-/m0/s1. The summed E-state index contributed by atoms with van der Waals surface area (Å²) in [4.78, 5) is 34.3. The fraction of sp³-hybridized carbons (Fsp3) is 0.844. The van der Waals surface area contributed by atoms with E-state index in [0.29, 0.717) is 5.41 Å². The predicted molar refractivity (Wildman–Crippen MR) is 152 cm³/mol. The second-order valence-corrected chi connectivity index (χ2v) is 13.9. The first-order valence-corrected chi connectivity index (χ1v) is 15.7. The van der Waals surface area contributed by atoms with Gasteiger partial charge in [0, 0.05) is 19.5 Å². The van der Waals surface area contributed by atoms with E-state index in [9.17, 15) is 14.4 Å². The number of fused-ring (bicyclic) bond motifs is 5. The van der Waals surface area contributed by atoms with E-state index in [2.05, 4.69) is 44.4 Å². The molecule has 4 aliphatic rings. The second kappa shape index (κ2) is 12.6. The van der Waals surface area contributed by atoms with Gasteiger partial charge in [-0.05, 0) is 91.8 Å². The zero-order chi connectivity index (χ0) is 28.2. The Morgan fingerprint density at radius 2 is 1.79 bits per heavy atom. The van der Waals surface area contributed by atoms with Crippen molar-refractivity contribution in [3.05, 3.63) is 11.6 Å². The van der Waals surface area contributed by atoms with Gasteiger partial charge in [-0.15, -0.1) is 0 Å². The van der Waals surface area contributed by atoms with Crippen LogP contribution in [0.15, 0.2) is 11.6 Å². The molecule has 0 radical (unpaired) electrons. The quantitative estimate of drug-likeness (QED) is 0.157. The van der Waals surface area contributed by atoms with E-state index < -0.39 is 24.4 Å². The van der Waals surface area contributed by atoms with Crippen LogP contribution in [0.4, 0.5) is 4.79 Å². The maximum atomic E-state index is 12.4. The number of unbranched alkanes of at least 4 members (excludes halogenated alkanes) is 1. The highest BCUT2D eigenvalue weighted by atomic mass is 16.6. The number of alkyl carbamates (subject to hydrolysis) is 1. The van der Waals surface area contributed by atoms with Gasteiger partial charge < -0.3 is 20.5 Å². The Hall–Kier alpha value is -2.05. The molecule has 0 aromatic carbocycles. The number of rotatable bonds is 11. The van der Waals surface area contributed by atoms with Gasteiger partial charge in [0.15, 0.2) is 0 Å². The average molecular weight is 545 g/mol. The molecule has 0 heterocycles. The van der Waals surface area contributed by atoms with Crippen molar-refractivity contribution in [1.82, 2.24) is 10.6 Å². The first-order chi connectivity index (χ1) is 18.5. The number of carbonyl (C=O) groups is 3. The second-order valence-electron chi connectivity index (χ2n) is 13.9. The largest absolute Gasteiger partial charge is 0.481 e. The van der Waals surface area contributed by atoms with E-state index in [1.807, 2.05) is 0 Å². The number of allylic oxidation sites excluding steroid dienone is 1. The molecule has 3 saturated carbocycles. The van der Waals surface area contributed by atoms with Crippen LogP contribution in [0.3, 0.4) is 0 Å². The summed E-state index contributed by atoms with van der Waals surface area (Å²) in [5, 5.41) is 13.8. The summed E-state index contributed by atoms with van der Waals surface area (Å²) in [5.74, 6) is 2.39. The highest BCUT2D eigenvalue weighted by Gasteiger charge is 2.58. The summed E-state index contributed by atoms with van der Waals surface area (Å²) in [6.07, 6.45) is 16.5. The van der Waals surface area contributed by atoms with Crippen LogP contribution < -0.4 is 10.6 Å². The molecule has 0 spiro atoms. The molecule has 0 unspecified atom stereocenters. The van der Waals surface area contributed by atoms with E-state index in [1.54, 1.807) is 0 Å². The predicted octanol–water partition coefficient (Wildman–Crippen LogP) is 6.47. The SMILES string of the molecule is CC(C)CCCC[C@H]1CC[C@H]2[C@@H]3CC=C4C[C@@H](OC(=O)NCCNC(=O)CC(=O)O)CC[C@]4(C)[C@H]3CC[C@]12C. The third kappa shape index (κ3) is 6.82. The highest BCUT2D eigenvalue weighted by Crippen LogP contribution is 2.66. The molecule has 2 amide bonds. The Labute approximate surface area is 235 Å². The molecule has 7 nitrogen and oxygen atoms in total. The van der Waals surface area contributed by atoms with Crippen molar-refractivity contribution in [1.29, 1.82) is 0 Å². The number of aliphatic carboxylic acids is 1. The van der Waals surface area contributed by atoms with Crippen LogP contribution in [0.25, 0.3) is 0 Å². The van der Waals surface area contributed by atoms with Crippen LogP contribution in [-0.2, 0) is 14.3 Å². The maximum Gasteiger partial charge on any atom is 0.407 e. The summed E-state index contributed by atoms with van der Waals surface area (Å²) in [5.41, 5.74) is 2.25. The number of carboxylic acids is 1. The van der Waals surface area contributed by atoms with Crippen molar-refractivity contribution < 1.29 is 24.2 Å². The van der Waals surface area contributed by atoms with Gasteiger partial charge in [-0.1, -0.05) is 58.6 Å². The molecule has 4 aliphatic carbocycles. The molecule has 0 aromatic heterocycles. The summed E-state index contributed by atoms with van der Waals surface area (Å²) in [7, 11) is 0. The van der Waals surface area contributed by atoms with E-state index in [1.165, 1.54) is 63.4 Å². The molecule has 0 aromatic rings. The van der Waals surface area contributed by atoms with Gasteiger partial charge in [-0.3, -0.25) is 9.59 Å². The summed E-state index contributed by atoms with van der Waals surface area (Å²) in [6.45, 7) is 10.2. The normalized spacial score (nSPS) is 35.3. The van der Waals surface area contributed by atoms with Crippen LogP contribution in [0.5, 0.6) is 0 Å². The Morgan fingerprint density at radius 1 is 1.03 bits per heavy atom. The number of carbonyl (C=O) groups excluding carboxylic acids is 2. The lowest BCUT2D eigenvalue weighted by molar-refractivity contribution is -0.140. The molecule has 0 saturated heterocycles. The van der Waals surface area contributed by atoms with E-state index in [4.69, 9.17) is 9.84 Å². The molecular weight excluding hydrogens is 492 g/mol. The van der Waals surface area contributed by atoms with Gasteiger partial charge in [0.2, 0.25) is 5.91 Å². The number of amides is 2. The summed E-state index contributed by atoms with van der Waals surface area (Å²) < 4.78 is 5.76. The molecular formula is C32H52N2O5. The van der Waals surface area contributed by atoms with Crippen LogP contribution in [0.2, 0.25) is 0 Å². The van der Waals surface area contributed by atoms with Crippen molar-refractivity contribution in [3.8, 4) is 0 Å². The lowest BCUT2D eigenvalue weighted by atomic mass is 9.47. The van der Waals surface area contributed by atoms with Crippen LogP contribution >= 0.6 is 0 Å². The lowest BCUT2D eigenvalue weighted by Gasteiger charge is -2.58. The molecule has 3 fully saturated rings. The van der Waals surface area contributed by atoms with Gasteiger partial charge in [-0.25, -0.2) is 4.79 Å². The summed E-state index contributed by atoms with van der Waals surface area (Å²) in [6, 6.07) is 0. The molecule has 7 heteroatoms. The lowest BCUT2D eigenvalue weighted by Crippen LogP contribution is -2.50. The van der Waals surface area contributed by atoms with E-state index in [-0.39, 0.29) is 24.6 Å². The average Bonchev–Trinajstić information content (AvgIpc) is 3.20. The van der Waals surface area contributed by atoms with Crippen molar-refractivity contribution in [2.75, 3.05) is 13.1 Å². The first-order valence-electron chi connectivity index (χ1n) is 15.7. The van der Waals surface area contributed by atoms with Crippen LogP contribution in [0, 0.1) is 40.4 Å². The third-order valence-electron chi connectivity index (χ3n) is 11.1. The zero-order valence-corrected chi connectivity index (χ0v) is 24.7. The van der Waals surface area contributed by atoms with Crippen LogP contribution in [-0.4, -0.2) is 42.3 Å². The van der Waals surface area contributed by atoms with Crippen molar-refractivity contribution >= 4 is 18.0 Å². The number of ether oxygens (including phenoxy) is 1. The van der Waals surface area contributed by atoms with Gasteiger partial charge >= 0.3 is 12.1 Å². The topological polar surface area (TPSA) is 105 Å². The number of nitrogens with one attached hydrogen (secondary N) is 2. The molecule has 0 aliphatic heterocycles. The minimum absolute atomic E-state index is 0.113. The molecule has 3 N–H and O–H groups in total. The molecule has 39 heavy (non-hydrogen) atoms. The van der Waals surface area contributed by atoms with Gasteiger partial charge in [0.25, 0.3) is 0 Å². The third-order valence-corrected chi connectivity index (χ3v) is 11.1. The molecule has 7 atom stereocenters. The number of hydrogen-bond donors (Lipinski definition) is 3. The van der Waals surface area contributed by atoms with Crippen molar-refractivity contribution in [2.24, 2.45) is 40.4 Å². The van der Waals surface area contributed by atoms with E-state index in [0.717, 1.165) is 48.9 Å². The van der Waals surface area contributed by atoms with Crippen molar-refractivity contribution in [3.63, 3.8) is 0 Å². The molecule has 4 rings (SSSR count). The van der Waals surface area contributed by atoms with E-state index >= 15 is 0 Å². The fourth-order valence-corrected chi connectivity index (χ4v) is 9.01. The Morgan fingerprint density at radius 3 is 2.54 bits per heavy atom. The minimum Gasteiger partial charge on any atom is -0.481 e. The zero-order valence-electron chi connectivity index (χ0n) is 24.7. The smallest absolute Gasteiger partial charge is 0.407 e. The van der Waals surface area contributed by atoms with Crippen molar-refractivity contribution in [2.45, 2.75) is 117 Å². The number of carboxylic acid groups (broad SMARTS) is 1. The highest BCUT2D eigenvalue weighted by molar-refractivity contribution is 5.93. The van der Waals surface area contributed by atoms with Crippen LogP contribution in [0.1, 0.15) is 111 Å². The molecule has 0 bridgehead atoms. The maximum absolute atomic E-state index is 12.4. The Balaban J connectivity index is 1.27. The van der Waals surface area contributed by atoms with Gasteiger partial charge in [-0.2, -0.15) is 0 Å². The summed E-state index contributed by atoms with van der Waals surface area (Å²) >= 11 is 0. The number of hydrogen-bond acceptors (Lipinski definition) is 4. The Kier molecular flexibility index (Phi) is 9.69. The van der Waals surface area contributed by atoms with Gasteiger partial charge in [0.1, 0.15) is 12.5 Å². The molecule has 220 valence electrons. The fourth-order valence-electron chi connectivity index (χ4n) is 9.01. The Bertz CT molecular complexity index is 932. The van der Waals surface area contributed by atoms with Gasteiger partial charge in [0.05, 0.1) is 0 Å². The minimum atomic E-state index is -1.17.